The number of rotatable bonds is 8. The number of nitrogens with zero attached hydrogens (tertiary/aromatic N) is 4. The fourth-order valence-electron chi connectivity index (χ4n) is 5.67. The molecule has 6 rings (SSSR count). The summed E-state index contributed by atoms with van der Waals surface area (Å²) in [5.41, 5.74) is 4.78. The first-order valence-corrected chi connectivity index (χ1v) is 13.5. The SMILES string of the molecule is O[C@H]1CC[C@H](n2cc(-c3ccc(CN4CCNCC4)cc3)c3cnc(NCCC4CC4)nc32)CC1. The van der Waals surface area contributed by atoms with Crippen LogP contribution in [-0.4, -0.2) is 63.4 Å². The van der Waals surface area contributed by atoms with Crippen LogP contribution in [0.1, 0.15) is 56.6 Å². The van der Waals surface area contributed by atoms with Gasteiger partial charge in [-0.15, -0.1) is 0 Å². The van der Waals surface area contributed by atoms with E-state index in [9.17, 15) is 5.11 Å². The minimum absolute atomic E-state index is 0.162. The van der Waals surface area contributed by atoms with Crippen LogP contribution in [0.2, 0.25) is 0 Å². The molecule has 3 aromatic rings. The average Bonchev–Trinajstić information content (AvgIpc) is 3.64. The number of hydrogen-bond donors (Lipinski definition) is 3. The van der Waals surface area contributed by atoms with Crippen molar-refractivity contribution in [2.75, 3.05) is 38.0 Å². The Hall–Kier alpha value is -2.48. The van der Waals surface area contributed by atoms with Crippen molar-refractivity contribution < 1.29 is 5.11 Å². The zero-order valence-electron chi connectivity index (χ0n) is 20.6. The van der Waals surface area contributed by atoms with E-state index in [1.54, 1.807) is 0 Å². The van der Waals surface area contributed by atoms with Gasteiger partial charge in [0.1, 0.15) is 5.65 Å². The number of fused-ring (bicyclic) bond motifs is 1. The highest BCUT2D eigenvalue weighted by atomic mass is 16.3. The standard InChI is InChI=1S/C28H38N6O/c35-24-9-7-23(8-10-24)34-19-26(22-5-3-21(4-6-22)18-33-15-13-29-14-16-33)25-17-31-28(32-27(25)34)30-12-11-20-1-2-20/h3-6,17,19-20,23-24,29,35H,1-2,7-16,18H2,(H,30,31,32)/t23-,24-. The molecule has 7 heteroatoms. The third kappa shape index (κ3) is 5.37. The third-order valence-electron chi connectivity index (χ3n) is 8.04. The van der Waals surface area contributed by atoms with Crippen LogP contribution in [0.15, 0.2) is 36.7 Å². The zero-order chi connectivity index (χ0) is 23.6. The topological polar surface area (TPSA) is 78.2 Å². The summed E-state index contributed by atoms with van der Waals surface area (Å²) in [6.07, 6.45) is 11.8. The molecule has 2 aromatic heterocycles. The fraction of sp³-hybridized carbons (Fsp3) is 0.571. The van der Waals surface area contributed by atoms with E-state index in [-0.39, 0.29) is 6.10 Å². The van der Waals surface area contributed by atoms with Gasteiger partial charge in [-0.25, -0.2) is 4.98 Å². The number of anilines is 1. The van der Waals surface area contributed by atoms with E-state index >= 15 is 0 Å². The van der Waals surface area contributed by atoms with Gasteiger partial charge < -0.3 is 20.3 Å². The summed E-state index contributed by atoms with van der Waals surface area (Å²) in [6.45, 7) is 6.32. The fourth-order valence-corrected chi connectivity index (χ4v) is 5.67. The van der Waals surface area contributed by atoms with Gasteiger partial charge in [0, 0.05) is 68.7 Å². The molecule has 2 saturated carbocycles. The van der Waals surface area contributed by atoms with Crippen LogP contribution in [0, 0.1) is 5.92 Å². The van der Waals surface area contributed by atoms with Crippen LogP contribution in [0.25, 0.3) is 22.2 Å². The molecule has 3 N–H and O–H groups in total. The molecule has 1 aliphatic heterocycles. The van der Waals surface area contributed by atoms with E-state index in [0.717, 1.165) is 87.9 Å². The summed E-state index contributed by atoms with van der Waals surface area (Å²) in [7, 11) is 0. The molecule has 3 fully saturated rings. The normalized spacial score (nSPS) is 23.6. The summed E-state index contributed by atoms with van der Waals surface area (Å²) >= 11 is 0. The lowest BCUT2D eigenvalue weighted by Gasteiger charge is -2.27. The van der Waals surface area contributed by atoms with Crippen molar-refractivity contribution in [2.45, 2.75) is 63.6 Å². The van der Waals surface area contributed by atoms with Gasteiger partial charge in [0.2, 0.25) is 5.95 Å². The summed E-state index contributed by atoms with van der Waals surface area (Å²) in [4.78, 5) is 12.2. The molecular weight excluding hydrogens is 436 g/mol. The Balaban J connectivity index is 1.27. The van der Waals surface area contributed by atoms with Crippen molar-refractivity contribution in [2.24, 2.45) is 5.92 Å². The lowest BCUT2D eigenvalue weighted by molar-refractivity contribution is 0.111. The monoisotopic (exact) mass is 474 g/mol. The average molecular weight is 475 g/mol. The molecule has 0 radical (unpaired) electrons. The molecule has 0 amide bonds. The Kier molecular flexibility index (Phi) is 6.72. The molecule has 1 aromatic carbocycles. The number of benzene rings is 1. The van der Waals surface area contributed by atoms with Crippen molar-refractivity contribution >= 4 is 17.0 Å². The van der Waals surface area contributed by atoms with Crippen molar-refractivity contribution in [1.82, 2.24) is 24.8 Å². The maximum absolute atomic E-state index is 10.1. The molecule has 7 nitrogen and oxygen atoms in total. The van der Waals surface area contributed by atoms with Gasteiger partial charge in [0.25, 0.3) is 0 Å². The Bertz CT molecular complexity index is 1120. The summed E-state index contributed by atoms with van der Waals surface area (Å²) < 4.78 is 2.36. The van der Waals surface area contributed by atoms with E-state index in [2.05, 4.69) is 55.5 Å². The van der Waals surface area contributed by atoms with E-state index in [1.807, 2.05) is 6.20 Å². The van der Waals surface area contributed by atoms with Gasteiger partial charge in [0.05, 0.1) is 6.10 Å². The molecule has 186 valence electrons. The second-order valence-electron chi connectivity index (χ2n) is 10.7. The number of hydrogen-bond acceptors (Lipinski definition) is 6. The Morgan fingerprint density at radius 1 is 1.00 bits per heavy atom. The van der Waals surface area contributed by atoms with Crippen molar-refractivity contribution in [1.29, 1.82) is 0 Å². The molecule has 0 atom stereocenters. The number of aromatic nitrogens is 3. The molecule has 0 spiro atoms. The number of aliphatic hydroxyl groups excluding tert-OH is 1. The molecule has 3 aliphatic rings. The lowest BCUT2D eigenvalue weighted by Crippen LogP contribution is -2.42. The Labute approximate surface area is 208 Å². The van der Waals surface area contributed by atoms with Gasteiger partial charge >= 0.3 is 0 Å². The van der Waals surface area contributed by atoms with Gasteiger partial charge in [-0.1, -0.05) is 37.1 Å². The van der Waals surface area contributed by atoms with Crippen molar-refractivity contribution in [3.8, 4) is 11.1 Å². The molecule has 35 heavy (non-hydrogen) atoms. The first-order valence-electron chi connectivity index (χ1n) is 13.5. The van der Waals surface area contributed by atoms with Crippen LogP contribution in [0.4, 0.5) is 5.95 Å². The molecule has 1 saturated heterocycles. The van der Waals surface area contributed by atoms with E-state index in [4.69, 9.17) is 4.98 Å². The molecular formula is C28H38N6O. The minimum Gasteiger partial charge on any atom is -0.393 e. The highest BCUT2D eigenvalue weighted by Gasteiger charge is 2.25. The Morgan fingerprint density at radius 3 is 2.51 bits per heavy atom. The van der Waals surface area contributed by atoms with Gasteiger partial charge in [0.15, 0.2) is 0 Å². The minimum atomic E-state index is -0.162. The second kappa shape index (κ2) is 10.2. The van der Waals surface area contributed by atoms with Crippen LogP contribution < -0.4 is 10.6 Å². The van der Waals surface area contributed by atoms with Gasteiger partial charge in [-0.05, 0) is 49.1 Å². The predicted molar refractivity (Wildman–Crippen MR) is 140 cm³/mol. The molecule has 0 bridgehead atoms. The highest BCUT2D eigenvalue weighted by molar-refractivity contribution is 5.94. The number of piperazine rings is 1. The summed E-state index contributed by atoms with van der Waals surface area (Å²) in [6, 6.07) is 9.42. The maximum Gasteiger partial charge on any atom is 0.224 e. The van der Waals surface area contributed by atoms with Gasteiger partial charge in [-0.2, -0.15) is 4.98 Å². The maximum atomic E-state index is 10.1. The summed E-state index contributed by atoms with van der Waals surface area (Å²) in [5.74, 6) is 1.62. The van der Waals surface area contributed by atoms with E-state index < -0.39 is 0 Å². The lowest BCUT2D eigenvalue weighted by atomic mass is 9.93. The predicted octanol–water partition coefficient (Wildman–Crippen LogP) is 4.19. The van der Waals surface area contributed by atoms with Crippen molar-refractivity contribution in [3.63, 3.8) is 0 Å². The molecule has 3 heterocycles. The second-order valence-corrected chi connectivity index (χ2v) is 10.7. The zero-order valence-corrected chi connectivity index (χ0v) is 20.6. The highest BCUT2D eigenvalue weighted by Crippen LogP contribution is 2.37. The van der Waals surface area contributed by atoms with Gasteiger partial charge in [-0.3, -0.25) is 4.90 Å². The first-order chi connectivity index (χ1) is 17.2. The quantitative estimate of drug-likeness (QED) is 0.454. The molecule has 0 unspecified atom stereocenters. The number of aliphatic hydroxyl groups is 1. The van der Waals surface area contributed by atoms with Crippen molar-refractivity contribution in [3.05, 3.63) is 42.2 Å². The van der Waals surface area contributed by atoms with Crippen LogP contribution in [0.5, 0.6) is 0 Å². The first kappa shape index (κ1) is 23.0. The Morgan fingerprint density at radius 2 is 1.77 bits per heavy atom. The molecule has 2 aliphatic carbocycles. The number of nitrogens with one attached hydrogen (secondary N) is 2. The van der Waals surface area contributed by atoms with Crippen LogP contribution >= 0.6 is 0 Å². The van der Waals surface area contributed by atoms with Crippen LogP contribution in [0.3, 0.4) is 0 Å². The van der Waals surface area contributed by atoms with E-state index in [1.165, 1.54) is 36.0 Å². The largest absolute Gasteiger partial charge is 0.393 e. The van der Waals surface area contributed by atoms with Crippen LogP contribution in [-0.2, 0) is 6.54 Å². The third-order valence-corrected chi connectivity index (χ3v) is 8.04. The smallest absolute Gasteiger partial charge is 0.224 e. The summed E-state index contributed by atoms with van der Waals surface area (Å²) in [5, 5.41) is 18.0. The van der Waals surface area contributed by atoms with E-state index in [0.29, 0.717) is 6.04 Å².